The van der Waals surface area contributed by atoms with Crippen molar-refractivity contribution in [3.63, 3.8) is 0 Å². The van der Waals surface area contributed by atoms with E-state index in [0.717, 1.165) is 0 Å². The van der Waals surface area contributed by atoms with Crippen LogP contribution in [0.5, 0.6) is 0 Å². The fourth-order valence-electron chi connectivity index (χ4n) is 0.124. The van der Waals surface area contributed by atoms with Crippen LogP contribution in [0.15, 0.2) is 11.1 Å². The van der Waals surface area contributed by atoms with Crippen LogP contribution < -0.4 is 0 Å². The van der Waals surface area contributed by atoms with Gasteiger partial charge in [-0.1, -0.05) is 28.9 Å². The molecule has 1 radical (unpaired) electrons. The summed E-state index contributed by atoms with van der Waals surface area (Å²) in [6, 6.07) is 0. The predicted octanol–water partition coefficient (Wildman–Crippen LogP) is 2.37. The van der Waals surface area contributed by atoms with Crippen LogP contribution in [0.25, 0.3) is 0 Å². The number of rotatable bonds is 1. The SMILES string of the molecule is [CH2]C(C)C=CBr. The molecule has 1 heteroatoms. The van der Waals surface area contributed by atoms with Crippen LogP contribution in [0, 0.1) is 12.8 Å². The maximum Gasteiger partial charge on any atom is -0.0226 e. The van der Waals surface area contributed by atoms with Crippen LogP contribution in [-0.4, -0.2) is 0 Å². The maximum absolute atomic E-state index is 3.71. The zero-order valence-electron chi connectivity index (χ0n) is 3.82. The highest BCUT2D eigenvalue weighted by Crippen LogP contribution is 1.94. The van der Waals surface area contributed by atoms with E-state index in [-0.39, 0.29) is 0 Å². The topological polar surface area (TPSA) is 0 Å². The molecule has 0 fully saturated rings. The molecular weight excluding hydrogens is 140 g/mol. The van der Waals surface area contributed by atoms with Crippen LogP contribution in [-0.2, 0) is 0 Å². The van der Waals surface area contributed by atoms with Gasteiger partial charge >= 0.3 is 0 Å². The lowest BCUT2D eigenvalue weighted by Crippen LogP contribution is -1.73. The molecule has 0 amide bonds. The van der Waals surface area contributed by atoms with Gasteiger partial charge in [0, 0.05) is 0 Å². The van der Waals surface area contributed by atoms with E-state index in [1.165, 1.54) is 0 Å². The van der Waals surface area contributed by atoms with Gasteiger partial charge in [0.15, 0.2) is 0 Å². The van der Waals surface area contributed by atoms with Crippen molar-refractivity contribution in [3.8, 4) is 0 Å². The molecule has 0 aliphatic heterocycles. The molecule has 0 heterocycles. The van der Waals surface area contributed by atoms with Gasteiger partial charge in [0.1, 0.15) is 0 Å². The zero-order chi connectivity index (χ0) is 4.99. The van der Waals surface area contributed by atoms with E-state index < -0.39 is 0 Å². The summed E-state index contributed by atoms with van der Waals surface area (Å²) in [5.74, 6) is 0.421. The van der Waals surface area contributed by atoms with Crippen molar-refractivity contribution in [2.24, 2.45) is 5.92 Å². The van der Waals surface area contributed by atoms with E-state index >= 15 is 0 Å². The molecule has 0 rings (SSSR count). The Balaban J connectivity index is 3.03. The molecule has 1 atom stereocenters. The highest BCUT2D eigenvalue weighted by atomic mass is 79.9. The summed E-state index contributed by atoms with van der Waals surface area (Å²) in [7, 11) is 0. The van der Waals surface area contributed by atoms with E-state index in [9.17, 15) is 0 Å². The lowest BCUT2D eigenvalue weighted by atomic mass is 10.2. The molecule has 6 heavy (non-hydrogen) atoms. The molecule has 0 aliphatic carbocycles. The van der Waals surface area contributed by atoms with Crippen LogP contribution in [0.4, 0.5) is 0 Å². The Kier molecular flexibility index (Phi) is 3.54. The highest BCUT2D eigenvalue weighted by Gasteiger charge is 1.77. The highest BCUT2D eigenvalue weighted by molar-refractivity contribution is 9.11. The molecule has 0 nitrogen and oxygen atoms in total. The van der Waals surface area contributed by atoms with E-state index in [1.807, 2.05) is 18.0 Å². The van der Waals surface area contributed by atoms with Gasteiger partial charge in [0.25, 0.3) is 0 Å². The Hall–Kier alpha value is 0.220. The summed E-state index contributed by atoms with van der Waals surface area (Å²) < 4.78 is 0. The minimum absolute atomic E-state index is 0.421. The molecule has 0 spiro atoms. The molecule has 0 saturated heterocycles. The first kappa shape index (κ1) is 6.22. The average Bonchev–Trinajstić information content (AvgIpc) is 1.35. The fraction of sp³-hybridized carbons (Fsp3) is 0.400. The Morgan fingerprint density at radius 3 is 2.33 bits per heavy atom. The van der Waals surface area contributed by atoms with Crippen molar-refractivity contribution in [1.29, 1.82) is 0 Å². The van der Waals surface area contributed by atoms with Gasteiger partial charge in [0.2, 0.25) is 0 Å². The number of allylic oxidation sites excluding steroid dienone is 1. The molecule has 0 aliphatic rings. The quantitative estimate of drug-likeness (QED) is 0.535. The smallest absolute Gasteiger partial charge is 0.0226 e. The van der Waals surface area contributed by atoms with Gasteiger partial charge in [0.05, 0.1) is 0 Å². The number of hydrogen-bond acceptors (Lipinski definition) is 0. The molecule has 35 valence electrons. The first-order valence-electron chi connectivity index (χ1n) is 1.87. The van der Waals surface area contributed by atoms with Crippen LogP contribution in [0.3, 0.4) is 0 Å². The van der Waals surface area contributed by atoms with Crippen LogP contribution >= 0.6 is 15.9 Å². The number of halogens is 1. The third kappa shape index (κ3) is 4.22. The molecule has 0 bridgehead atoms. The van der Waals surface area contributed by atoms with Gasteiger partial charge in [-0.15, -0.1) is 0 Å². The zero-order valence-corrected chi connectivity index (χ0v) is 5.40. The molecule has 0 aromatic heterocycles. The largest absolute Gasteiger partial charge is 0.0748 e. The van der Waals surface area contributed by atoms with Crippen LogP contribution in [0.2, 0.25) is 0 Å². The minimum Gasteiger partial charge on any atom is -0.0748 e. The summed E-state index contributed by atoms with van der Waals surface area (Å²) in [4.78, 5) is 1.82. The molecular formula is C5H8Br. The lowest BCUT2D eigenvalue weighted by molar-refractivity contribution is 0.939. The standard InChI is InChI=1S/C5H8Br/c1-5(2)3-4-6/h3-5H,1H2,2H3. The van der Waals surface area contributed by atoms with Gasteiger partial charge in [-0.2, -0.15) is 0 Å². The van der Waals surface area contributed by atoms with Crippen molar-refractivity contribution in [2.75, 3.05) is 0 Å². The Bertz CT molecular complexity index is 45.9. The molecule has 0 aromatic rings. The van der Waals surface area contributed by atoms with Gasteiger partial charge in [-0.25, -0.2) is 0 Å². The third-order valence-electron chi connectivity index (χ3n) is 0.401. The molecule has 0 saturated carbocycles. The van der Waals surface area contributed by atoms with E-state index in [2.05, 4.69) is 22.9 Å². The van der Waals surface area contributed by atoms with Gasteiger partial charge < -0.3 is 0 Å². The van der Waals surface area contributed by atoms with Gasteiger partial charge in [-0.05, 0) is 17.8 Å². The Morgan fingerprint density at radius 2 is 2.33 bits per heavy atom. The third-order valence-corrected chi connectivity index (χ3v) is 0.706. The van der Waals surface area contributed by atoms with Crippen molar-refractivity contribution in [1.82, 2.24) is 0 Å². The first-order valence-corrected chi connectivity index (χ1v) is 2.79. The second kappa shape index (κ2) is 3.41. The van der Waals surface area contributed by atoms with Crippen molar-refractivity contribution < 1.29 is 0 Å². The van der Waals surface area contributed by atoms with Crippen molar-refractivity contribution in [2.45, 2.75) is 6.92 Å². The predicted molar refractivity (Wildman–Crippen MR) is 32.6 cm³/mol. The number of hydrogen-bond donors (Lipinski definition) is 0. The Morgan fingerprint density at radius 1 is 1.83 bits per heavy atom. The summed E-state index contributed by atoms with van der Waals surface area (Å²) in [5, 5.41) is 0. The molecule has 0 aromatic carbocycles. The normalized spacial score (nSPS) is 11.3. The summed E-state index contributed by atoms with van der Waals surface area (Å²) in [5.41, 5.74) is 0. The minimum atomic E-state index is 0.421. The monoisotopic (exact) mass is 147 g/mol. The summed E-state index contributed by atoms with van der Waals surface area (Å²) in [6.45, 7) is 5.74. The van der Waals surface area contributed by atoms with E-state index in [1.54, 1.807) is 0 Å². The Labute approximate surface area is 47.4 Å². The second-order valence-electron chi connectivity index (χ2n) is 1.30. The van der Waals surface area contributed by atoms with Gasteiger partial charge in [-0.3, -0.25) is 0 Å². The lowest BCUT2D eigenvalue weighted by Gasteiger charge is -1.85. The van der Waals surface area contributed by atoms with Crippen LogP contribution in [0.1, 0.15) is 6.92 Å². The molecule has 1 unspecified atom stereocenters. The summed E-state index contributed by atoms with van der Waals surface area (Å²) in [6.07, 6.45) is 1.97. The fourth-order valence-corrected chi connectivity index (χ4v) is 0.645. The van der Waals surface area contributed by atoms with Crippen molar-refractivity contribution in [3.05, 3.63) is 18.0 Å². The average molecular weight is 148 g/mol. The second-order valence-corrected chi connectivity index (χ2v) is 1.82. The summed E-state index contributed by atoms with van der Waals surface area (Å²) >= 11 is 3.13. The van der Waals surface area contributed by atoms with E-state index in [4.69, 9.17) is 0 Å². The first-order chi connectivity index (χ1) is 2.77. The molecule has 0 N–H and O–H groups in total. The maximum atomic E-state index is 3.71. The van der Waals surface area contributed by atoms with E-state index in [0.29, 0.717) is 5.92 Å². The van der Waals surface area contributed by atoms with Crippen molar-refractivity contribution >= 4 is 15.9 Å².